The van der Waals surface area contributed by atoms with E-state index in [2.05, 4.69) is 129 Å². The van der Waals surface area contributed by atoms with Gasteiger partial charge in [-0.25, -0.2) is 0 Å². The van der Waals surface area contributed by atoms with Gasteiger partial charge in [0, 0.05) is 0 Å². The van der Waals surface area contributed by atoms with Crippen molar-refractivity contribution in [1.29, 1.82) is 0 Å². The van der Waals surface area contributed by atoms with Crippen LogP contribution < -0.4 is 4.16 Å². The van der Waals surface area contributed by atoms with Gasteiger partial charge in [0.1, 0.15) is 0 Å². The molecule has 4 aromatic carbocycles. The topological polar surface area (TPSA) is 122 Å². The van der Waals surface area contributed by atoms with Crippen molar-refractivity contribution >= 4 is 48.3 Å². The van der Waals surface area contributed by atoms with E-state index in [0.29, 0.717) is 45.9 Å². The molecule has 12 nitrogen and oxygen atoms in total. The molecule has 13 heteroatoms. The summed E-state index contributed by atoms with van der Waals surface area (Å²) in [4.78, 5) is 38.4. The minimum atomic E-state index is -4.87. The zero-order valence-corrected chi connectivity index (χ0v) is 34.3. The van der Waals surface area contributed by atoms with Gasteiger partial charge in [-0.15, -0.1) is 0 Å². The Labute approximate surface area is 309 Å². The van der Waals surface area contributed by atoms with Gasteiger partial charge in [-0.1, -0.05) is 6.07 Å². The van der Waals surface area contributed by atoms with Crippen molar-refractivity contribution in [3.8, 4) is 45.6 Å². The molecule has 9 rings (SSSR count). The van der Waals surface area contributed by atoms with Crippen LogP contribution in [0.15, 0.2) is 91.0 Å². The van der Waals surface area contributed by atoms with Crippen molar-refractivity contribution in [2.24, 2.45) is 0 Å². The average Bonchev–Trinajstić information content (AvgIpc) is 3.87. The first-order valence-corrected chi connectivity index (χ1v) is 24.9. The standard InChI is InChI=1S/C32H17N8.4C2H6N.Zn/c1-2-10-18-17(9-1)25-33-26(18)38-28-21-13-5-6-14-22(21)30(35-28)40-32-24-16-8-7-15-23(24)31(36-32)39-29-20-12-4-3-11-19(20)27(34-29)37-25;4*1-3-2;/h1-15H,(H2,33,34,35,36,37,38,39,40);4*1-2H3;/q;4*-1;+4. The summed E-state index contributed by atoms with van der Waals surface area (Å²) in [7, 11) is 17.6. The Balaban J connectivity index is 1.53. The molecule has 0 radical (unpaired) electrons. The molecule has 0 spiro atoms. The number of aromatic amines is 2. The quantitative estimate of drug-likeness (QED) is 0.200. The number of nitrogens with one attached hydrogen (secondary N) is 2. The maximum atomic E-state index is 5.42. The zero-order chi connectivity index (χ0) is 36.8. The number of rotatable bonds is 5. The second kappa shape index (κ2) is 11.9. The molecule has 0 atom stereocenters. The molecule has 3 aromatic heterocycles. The molecule has 0 fully saturated rings. The van der Waals surface area contributed by atoms with Crippen LogP contribution in [0.1, 0.15) is 0 Å². The number of H-pyrrole nitrogens is 2. The first-order chi connectivity index (χ1) is 25.5. The number of hydrogen-bond acceptors (Lipinski definition) is 10. The normalized spacial score (nSPS) is 13.2. The van der Waals surface area contributed by atoms with Gasteiger partial charge in [-0.3, -0.25) is 0 Å². The molecule has 0 saturated heterocycles. The van der Waals surface area contributed by atoms with Crippen LogP contribution in [-0.2, 0) is 14.6 Å². The zero-order valence-electron chi connectivity index (χ0n) is 31.3. The molecule has 5 heterocycles. The minimum absolute atomic E-state index is 0.580. The van der Waals surface area contributed by atoms with Crippen LogP contribution >= 0.6 is 0 Å². The molecule has 8 bridgehead atoms. The van der Waals surface area contributed by atoms with Crippen LogP contribution in [-0.4, -0.2) is 111 Å². The SMILES string of the molecule is C[N](C)[Zn]([c]1cccc2c3nc4nc(nc5[nH]c(nc6nc(nc([nH]3)c12)-c1ccccc1-6)c1ccccc51)-c1ccccc1-4)([N](C)C)([N](C)C)[N](C)C. The molecule has 2 aliphatic rings. The van der Waals surface area contributed by atoms with E-state index < -0.39 is 14.6 Å². The van der Waals surface area contributed by atoms with Crippen LogP contribution in [0.25, 0.3) is 89.7 Å². The van der Waals surface area contributed by atoms with Crippen molar-refractivity contribution in [3.05, 3.63) is 91.0 Å². The fraction of sp³-hybridized carbons (Fsp3) is 0.200. The molecule has 0 saturated carbocycles. The third kappa shape index (κ3) is 4.40. The summed E-state index contributed by atoms with van der Waals surface area (Å²) in [5, 5.41) is 3.84. The van der Waals surface area contributed by atoms with E-state index in [0.717, 1.165) is 43.8 Å². The summed E-state index contributed by atoms with van der Waals surface area (Å²) < 4.78 is 11.0. The first kappa shape index (κ1) is 33.5. The van der Waals surface area contributed by atoms with Gasteiger partial charge in [-0.05, 0) is 0 Å². The molecule has 2 aliphatic heterocycles. The fourth-order valence-corrected chi connectivity index (χ4v) is 34.3. The Bertz CT molecular complexity index is 2750. The van der Waals surface area contributed by atoms with E-state index >= 15 is 0 Å². The molecule has 0 aliphatic carbocycles. The van der Waals surface area contributed by atoms with Crippen molar-refractivity contribution in [1.82, 2.24) is 54.4 Å². The fourth-order valence-electron chi connectivity index (χ4n) is 11.0. The van der Waals surface area contributed by atoms with Gasteiger partial charge in [0.2, 0.25) is 0 Å². The van der Waals surface area contributed by atoms with E-state index in [-0.39, 0.29) is 0 Å². The van der Waals surface area contributed by atoms with Gasteiger partial charge >= 0.3 is 304 Å². The van der Waals surface area contributed by atoms with Crippen LogP contribution in [0.5, 0.6) is 0 Å². The molecular formula is C40H41N12Zn. The Kier molecular flexibility index (Phi) is 7.50. The van der Waals surface area contributed by atoms with Crippen LogP contribution in [0.4, 0.5) is 0 Å². The van der Waals surface area contributed by atoms with Crippen LogP contribution in [0.3, 0.4) is 0 Å². The van der Waals surface area contributed by atoms with E-state index in [1.165, 1.54) is 4.16 Å². The van der Waals surface area contributed by atoms with Crippen molar-refractivity contribution in [2.75, 3.05) is 56.4 Å². The third-order valence-electron chi connectivity index (χ3n) is 13.0. The first-order valence-electron chi connectivity index (χ1n) is 18.1. The van der Waals surface area contributed by atoms with Crippen LogP contribution in [0.2, 0.25) is 0 Å². The van der Waals surface area contributed by atoms with Crippen molar-refractivity contribution in [3.63, 3.8) is 0 Å². The Morgan fingerprint density at radius 3 is 1.13 bits per heavy atom. The summed E-state index contributed by atoms with van der Waals surface area (Å²) in [5.41, 5.74) is 6.35. The van der Waals surface area contributed by atoms with E-state index in [4.69, 9.17) is 29.9 Å². The molecule has 2 N–H and O–H groups in total. The number of aromatic nitrogens is 8. The molecular weight excluding hydrogens is 714 g/mol. The van der Waals surface area contributed by atoms with Crippen LogP contribution in [0, 0.1) is 0 Å². The number of nitrogens with zero attached hydrogens (tertiary/aromatic N) is 10. The Morgan fingerprint density at radius 2 is 0.717 bits per heavy atom. The van der Waals surface area contributed by atoms with E-state index in [9.17, 15) is 0 Å². The third-order valence-corrected chi connectivity index (χ3v) is 36.7. The average molecular weight is 755 g/mol. The second-order valence-electron chi connectivity index (χ2n) is 15.9. The Morgan fingerprint density at radius 1 is 0.377 bits per heavy atom. The molecule has 263 valence electrons. The van der Waals surface area contributed by atoms with E-state index in [1.54, 1.807) is 0 Å². The monoisotopic (exact) mass is 753 g/mol. The summed E-state index contributed by atoms with van der Waals surface area (Å²) in [6, 6.07) is 30.9. The number of fused-ring (bicyclic) bond motifs is 20. The maximum absolute atomic E-state index is 5.42. The predicted molar refractivity (Wildman–Crippen MR) is 210 cm³/mol. The summed E-state index contributed by atoms with van der Waals surface area (Å²) >= 11 is -4.87. The predicted octanol–water partition coefficient (Wildman–Crippen LogP) is 6.09. The van der Waals surface area contributed by atoms with Gasteiger partial charge in [0.05, 0.1) is 0 Å². The van der Waals surface area contributed by atoms with Gasteiger partial charge < -0.3 is 0 Å². The molecule has 0 unspecified atom stereocenters. The van der Waals surface area contributed by atoms with Crippen molar-refractivity contribution < 1.29 is 14.6 Å². The summed E-state index contributed by atoms with van der Waals surface area (Å²) in [5.74, 6) is 2.33. The Hall–Kier alpha value is -5.30. The molecule has 0 amide bonds. The molecule has 7 aromatic rings. The number of benzene rings is 4. The second-order valence-corrected chi connectivity index (χ2v) is 34.3. The number of hydrogen-bond donors (Lipinski definition) is 2. The van der Waals surface area contributed by atoms with Crippen molar-refractivity contribution in [2.45, 2.75) is 0 Å². The van der Waals surface area contributed by atoms with Gasteiger partial charge in [0.25, 0.3) is 0 Å². The summed E-state index contributed by atoms with van der Waals surface area (Å²) in [6.07, 6.45) is 0. The van der Waals surface area contributed by atoms with Gasteiger partial charge in [0.15, 0.2) is 0 Å². The van der Waals surface area contributed by atoms with E-state index in [1.807, 2.05) is 42.5 Å². The summed E-state index contributed by atoms with van der Waals surface area (Å²) in [6.45, 7) is 0. The van der Waals surface area contributed by atoms with Gasteiger partial charge in [-0.2, -0.15) is 0 Å². The molecule has 53 heavy (non-hydrogen) atoms.